The minimum absolute atomic E-state index is 0.0730. The summed E-state index contributed by atoms with van der Waals surface area (Å²) in [6.07, 6.45) is 18.7. The van der Waals surface area contributed by atoms with Crippen LogP contribution in [0, 0.1) is 35.0 Å². The Morgan fingerprint density at radius 2 is 1.78 bits per heavy atom. The van der Waals surface area contributed by atoms with E-state index in [0.717, 1.165) is 25.2 Å². The van der Waals surface area contributed by atoms with Crippen LogP contribution in [0.4, 0.5) is 0 Å². The number of carbonyl (C=O) groups excluding carboxylic acids is 1. The number of allylic oxidation sites excluding steroid dienone is 6. The Hall–Kier alpha value is -2.35. The molecular weight excluding hydrogens is 452 g/mol. The van der Waals surface area contributed by atoms with Crippen molar-refractivity contribution in [2.45, 2.75) is 92.1 Å². The number of hydrogen-bond acceptors (Lipinski definition) is 2. The summed E-state index contributed by atoms with van der Waals surface area (Å²) < 4.78 is 5.88. The molecule has 2 nitrogen and oxygen atoms in total. The molecule has 3 fully saturated rings. The summed E-state index contributed by atoms with van der Waals surface area (Å²) in [6.45, 7) is 16.3. The molecule has 2 heteroatoms. The van der Waals surface area contributed by atoms with Gasteiger partial charge in [-0.3, -0.25) is 0 Å². The third-order valence-corrected chi connectivity index (χ3v) is 9.89. The van der Waals surface area contributed by atoms with E-state index in [1.54, 1.807) is 5.57 Å². The van der Waals surface area contributed by atoms with Gasteiger partial charge in [-0.1, -0.05) is 94.8 Å². The molecule has 0 saturated heterocycles. The van der Waals surface area contributed by atoms with Crippen LogP contribution in [0.1, 0.15) is 96.3 Å². The van der Waals surface area contributed by atoms with Crippen molar-refractivity contribution in [1.82, 2.24) is 0 Å². The Morgan fingerprint density at radius 3 is 2.51 bits per heavy atom. The van der Waals surface area contributed by atoms with E-state index in [9.17, 15) is 4.79 Å². The number of benzene rings is 1. The van der Waals surface area contributed by atoms with E-state index in [4.69, 9.17) is 4.74 Å². The Morgan fingerprint density at radius 1 is 1.03 bits per heavy atom. The average molecular weight is 501 g/mol. The van der Waals surface area contributed by atoms with Crippen molar-refractivity contribution in [3.05, 3.63) is 83.5 Å². The van der Waals surface area contributed by atoms with Crippen molar-refractivity contribution in [2.75, 3.05) is 0 Å². The standard InChI is InChI=1S/C35H48O2/c1-24(2)25(3)14-15-27(5)32-20-21-33-28(13-10-22-35(32,33)6)17-18-30-23-31(19-16-26(30)4)37-34(36)29-11-8-7-9-12-29/h7-9,11-12,14-15,17-18,24-25,27,31-33H,4,10,13,16,19-23H2,1-3,5-6H3. The summed E-state index contributed by atoms with van der Waals surface area (Å²) in [5, 5.41) is 0. The zero-order chi connectivity index (χ0) is 26.6. The molecule has 3 aliphatic carbocycles. The van der Waals surface area contributed by atoms with Crippen molar-refractivity contribution >= 4 is 5.97 Å². The quantitative estimate of drug-likeness (QED) is 0.275. The van der Waals surface area contributed by atoms with E-state index >= 15 is 0 Å². The van der Waals surface area contributed by atoms with E-state index in [2.05, 4.69) is 65.5 Å². The van der Waals surface area contributed by atoms with Gasteiger partial charge in [0.25, 0.3) is 0 Å². The van der Waals surface area contributed by atoms with Gasteiger partial charge in [0.2, 0.25) is 0 Å². The molecule has 200 valence electrons. The second-order valence-corrected chi connectivity index (χ2v) is 12.6. The number of ether oxygens (including phenoxy) is 1. The van der Waals surface area contributed by atoms with Crippen LogP contribution in [-0.4, -0.2) is 12.1 Å². The zero-order valence-corrected chi connectivity index (χ0v) is 23.8. The fourth-order valence-corrected chi connectivity index (χ4v) is 7.13. The van der Waals surface area contributed by atoms with Gasteiger partial charge in [-0.2, -0.15) is 0 Å². The van der Waals surface area contributed by atoms with E-state index < -0.39 is 0 Å². The van der Waals surface area contributed by atoms with Crippen LogP contribution in [0.15, 0.2) is 77.9 Å². The Balaban J connectivity index is 1.44. The molecule has 1 aromatic carbocycles. The predicted molar refractivity (Wildman–Crippen MR) is 155 cm³/mol. The van der Waals surface area contributed by atoms with Gasteiger partial charge in [0, 0.05) is 6.42 Å². The third kappa shape index (κ3) is 6.39. The lowest BCUT2D eigenvalue weighted by atomic mass is 9.61. The maximum atomic E-state index is 12.6. The molecule has 4 rings (SSSR count). The first-order valence-electron chi connectivity index (χ1n) is 14.7. The van der Waals surface area contributed by atoms with E-state index in [1.807, 2.05) is 30.3 Å². The number of fused-ring (bicyclic) bond motifs is 1. The third-order valence-electron chi connectivity index (χ3n) is 9.89. The van der Waals surface area contributed by atoms with Crippen LogP contribution in [0.3, 0.4) is 0 Å². The van der Waals surface area contributed by atoms with E-state index in [1.165, 1.54) is 43.3 Å². The first-order chi connectivity index (χ1) is 17.7. The van der Waals surface area contributed by atoms with Gasteiger partial charge in [0.1, 0.15) is 6.10 Å². The summed E-state index contributed by atoms with van der Waals surface area (Å²) in [5.74, 6) is 3.19. The first kappa shape index (κ1) is 27.7. The molecule has 3 aliphatic rings. The molecule has 0 spiro atoms. The molecule has 0 N–H and O–H groups in total. The second-order valence-electron chi connectivity index (χ2n) is 12.6. The van der Waals surface area contributed by atoms with Gasteiger partial charge in [-0.05, 0) is 97.7 Å². The average Bonchev–Trinajstić information content (AvgIpc) is 3.25. The highest BCUT2D eigenvalue weighted by molar-refractivity contribution is 5.89. The lowest BCUT2D eigenvalue weighted by Crippen LogP contribution is -2.35. The molecule has 0 heterocycles. The summed E-state index contributed by atoms with van der Waals surface area (Å²) >= 11 is 0. The van der Waals surface area contributed by atoms with Crippen molar-refractivity contribution in [1.29, 1.82) is 0 Å². The predicted octanol–water partition coefficient (Wildman–Crippen LogP) is 9.51. The lowest BCUT2D eigenvalue weighted by Gasteiger charge is -2.44. The minimum atomic E-state index is -0.221. The number of hydrogen-bond donors (Lipinski definition) is 0. The number of esters is 1. The smallest absolute Gasteiger partial charge is 0.338 e. The zero-order valence-electron chi connectivity index (χ0n) is 23.8. The highest BCUT2D eigenvalue weighted by atomic mass is 16.5. The largest absolute Gasteiger partial charge is 0.458 e. The van der Waals surface area contributed by atoms with Crippen LogP contribution < -0.4 is 0 Å². The van der Waals surface area contributed by atoms with E-state index in [-0.39, 0.29) is 12.1 Å². The van der Waals surface area contributed by atoms with Crippen LogP contribution in [0.25, 0.3) is 0 Å². The SMILES string of the molecule is C=C1CCC(OC(=O)c2ccccc2)CC1=CC=C1CCCC2(C)C1CCC2C(C)C=CC(C)C(C)C. The van der Waals surface area contributed by atoms with Crippen LogP contribution in [0.5, 0.6) is 0 Å². The number of rotatable bonds is 7. The Bertz CT molecular complexity index is 1040. The van der Waals surface area contributed by atoms with Crippen LogP contribution in [0.2, 0.25) is 0 Å². The molecule has 0 radical (unpaired) electrons. The highest BCUT2D eigenvalue weighted by Gasteiger charge is 2.50. The van der Waals surface area contributed by atoms with Gasteiger partial charge in [-0.15, -0.1) is 0 Å². The molecule has 0 bridgehead atoms. The summed E-state index contributed by atoms with van der Waals surface area (Å²) in [6, 6.07) is 9.32. The van der Waals surface area contributed by atoms with Gasteiger partial charge in [0.15, 0.2) is 0 Å². The monoisotopic (exact) mass is 500 g/mol. The summed E-state index contributed by atoms with van der Waals surface area (Å²) in [7, 11) is 0. The number of carbonyl (C=O) groups is 1. The van der Waals surface area contributed by atoms with Gasteiger partial charge < -0.3 is 4.74 Å². The van der Waals surface area contributed by atoms with Crippen molar-refractivity contribution in [3.8, 4) is 0 Å². The summed E-state index contributed by atoms with van der Waals surface area (Å²) in [4.78, 5) is 12.6. The van der Waals surface area contributed by atoms with E-state index in [0.29, 0.717) is 34.7 Å². The van der Waals surface area contributed by atoms with Gasteiger partial charge in [0.05, 0.1) is 5.56 Å². The highest BCUT2D eigenvalue weighted by Crippen LogP contribution is 2.59. The van der Waals surface area contributed by atoms with Gasteiger partial charge in [-0.25, -0.2) is 4.79 Å². The Kier molecular flexibility index (Phi) is 8.98. The normalized spacial score (nSPS) is 32.2. The summed E-state index contributed by atoms with van der Waals surface area (Å²) in [5.41, 5.74) is 5.10. The van der Waals surface area contributed by atoms with Crippen molar-refractivity contribution in [3.63, 3.8) is 0 Å². The molecule has 6 atom stereocenters. The van der Waals surface area contributed by atoms with Crippen molar-refractivity contribution in [2.24, 2.45) is 35.0 Å². The molecular formula is C35H48O2. The second kappa shape index (κ2) is 12.0. The fourth-order valence-electron chi connectivity index (χ4n) is 7.13. The first-order valence-corrected chi connectivity index (χ1v) is 14.7. The molecule has 3 saturated carbocycles. The Labute approximate surface area is 226 Å². The lowest BCUT2D eigenvalue weighted by molar-refractivity contribution is 0.0270. The minimum Gasteiger partial charge on any atom is -0.458 e. The molecule has 0 aromatic heterocycles. The molecule has 0 aliphatic heterocycles. The topological polar surface area (TPSA) is 26.3 Å². The van der Waals surface area contributed by atoms with Crippen molar-refractivity contribution < 1.29 is 9.53 Å². The van der Waals surface area contributed by atoms with Crippen LogP contribution in [-0.2, 0) is 4.74 Å². The molecule has 1 aromatic rings. The maximum Gasteiger partial charge on any atom is 0.338 e. The molecule has 37 heavy (non-hydrogen) atoms. The fraction of sp³-hybridized carbons (Fsp3) is 0.571. The molecule has 0 amide bonds. The van der Waals surface area contributed by atoms with Gasteiger partial charge >= 0.3 is 5.97 Å². The maximum absolute atomic E-state index is 12.6. The van der Waals surface area contributed by atoms with Crippen LogP contribution >= 0.6 is 0 Å². The molecule has 6 unspecified atom stereocenters.